The summed E-state index contributed by atoms with van der Waals surface area (Å²) in [6.07, 6.45) is 4.89. The maximum atomic E-state index is 12.0. The van der Waals surface area contributed by atoms with Crippen molar-refractivity contribution in [1.82, 2.24) is 10.2 Å². The summed E-state index contributed by atoms with van der Waals surface area (Å²) in [6, 6.07) is 0.575. The van der Waals surface area contributed by atoms with Crippen molar-refractivity contribution in [3.05, 3.63) is 0 Å². The summed E-state index contributed by atoms with van der Waals surface area (Å²) in [7, 11) is 2.06. The lowest BCUT2D eigenvalue weighted by Gasteiger charge is -2.40. The van der Waals surface area contributed by atoms with E-state index in [4.69, 9.17) is 5.73 Å². The minimum Gasteiger partial charge on any atom is -0.353 e. The molecule has 0 saturated heterocycles. The molecule has 0 heterocycles. The molecule has 3 atom stereocenters. The Balaban J connectivity index is 2.60. The maximum Gasteiger partial charge on any atom is 0.237 e. The number of amides is 1. The van der Waals surface area contributed by atoms with Gasteiger partial charge >= 0.3 is 0 Å². The first-order chi connectivity index (χ1) is 8.47. The van der Waals surface area contributed by atoms with Crippen molar-refractivity contribution in [2.75, 3.05) is 13.6 Å². The highest BCUT2D eigenvalue weighted by molar-refractivity contribution is 5.81. The van der Waals surface area contributed by atoms with E-state index < -0.39 is 0 Å². The number of rotatable bonds is 5. The topological polar surface area (TPSA) is 58.4 Å². The van der Waals surface area contributed by atoms with E-state index in [1.807, 2.05) is 20.8 Å². The summed E-state index contributed by atoms with van der Waals surface area (Å²) in [4.78, 5) is 14.3. The molecule has 3 unspecified atom stereocenters. The number of likely N-dealkylation sites (N-methyl/N-ethyl adjacent to an activating group) is 1. The average Bonchev–Trinajstić information content (AvgIpc) is 2.36. The highest BCUT2D eigenvalue weighted by Gasteiger charge is 2.31. The zero-order chi connectivity index (χ0) is 13.7. The molecule has 3 N–H and O–H groups in total. The number of hydrogen-bond acceptors (Lipinski definition) is 3. The molecule has 0 aromatic carbocycles. The Morgan fingerprint density at radius 1 is 1.33 bits per heavy atom. The van der Waals surface area contributed by atoms with Crippen LogP contribution in [-0.4, -0.2) is 42.5 Å². The van der Waals surface area contributed by atoms with Gasteiger partial charge in [-0.1, -0.05) is 12.8 Å². The first-order valence-electron chi connectivity index (χ1n) is 7.19. The van der Waals surface area contributed by atoms with Crippen molar-refractivity contribution in [2.45, 2.75) is 64.6 Å². The quantitative estimate of drug-likeness (QED) is 0.779. The van der Waals surface area contributed by atoms with Crippen LogP contribution >= 0.6 is 0 Å². The molecular formula is C14H29N3O. The summed E-state index contributed by atoms with van der Waals surface area (Å²) in [5, 5.41) is 2.98. The second-order valence-corrected chi connectivity index (χ2v) is 5.85. The Kier molecular flexibility index (Phi) is 6.09. The van der Waals surface area contributed by atoms with Crippen LogP contribution in [0.15, 0.2) is 0 Å². The molecule has 4 heteroatoms. The van der Waals surface area contributed by atoms with Crippen LogP contribution in [0, 0.1) is 5.92 Å². The van der Waals surface area contributed by atoms with Crippen molar-refractivity contribution in [2.24, 2.45) is 11.7 Å². The first kappa shape index (κ1) is 15.4. The van der Waals surface area contributed by atoms with Gasteiger partial charge in [-0.3, -0.25) is 9.69 Å². The molecule has 0 aromatic rings. The van der Waals surface area contributed by atoms with Crippen LogP contribution in [-0.2, 0) is 4.79 Å². The molecule has 1 fully saturated rings. The number of nitrogens with zero attached hydrogens (tertiary/aromatic N) is 1. The van der Waals surface area contributed by atoms with Crippen molar-refractivity contribution in [1.29, 1.82) is 0 Å². The van der Waals surface area contributed by atoms with E-state index >= 15 is 0 Å². The number of carbonyl (C=O) groups is 1. The van der Waals surface area contributed by atoms with E-state index in [0.29, 0.717) is 12.0 Å². The molecule has 0 radical (unpaired) electrons. The molecule has 18 heavy (non-hydrogen) atoms. The molecule has 4 nitrogen and oxygen atoms in total. The second-order valence-electron chi connectivity index (χ2n) is 5.85. The number of hydrogen-bond donors (Lipinski definition) is 2. The smallest absolute Gasteiger partial charge is 0.237 e. The van der Waals surface area contributed by atoms with Gasteiger partial charge in [0.05, 0.1) is 6.04 Å². The third kappa shape index (κ3) is 3.95. The van der Waals surface area contributed by atoms with Gasteiger partial charge in [-0.05, 0) is 53.1 Å². The van der Waals surface area contributed by atoms with E-state index in [-0.39, 0.29) is 18.0 Å². The van der Waals surface area contributed by atoms with Gasteiger partial charge in [0, 0.05) is 12.1 Å². The van der Waals surface area contributed by atoms with Gasteiger partial charge in [-0.25, -0.2) is 0 Å². The number of carbonyl (C=O) groups excluding carboxylic acids is 1. The summed E-state index contributed by atoms with van der Waals surface area (Å²) in [5.74, 6) is 0.659. The molecular weight excluding hydrogens is 226 g/mol. The van der Waals surface area contributed by atoms with Gasteiger partial charge in [0.1, 0.15) is 0 Å². The molecule has 1 saturated carbocycles. The van der Waals surface area contributed by atoms with Gasteiger partial charge in [-0.2, -0.15) is 0 Å². The molecule has 0 spiro atoms. The van der Waals surface area contributed by atoms with Crippen LogP contribution < -0.4 is 11.1 Å². The lowest BCUT2D eigenvalue weighted by atomic mass is 9.83. The summed E-state index contributed by atoms with van der Waals surface area (Å²) >= 11 is 0. The lowest BCUT2D eigenvalue weighted by Crippen LogP contribution is -2.52. The molecule has 0 bridgehead atoms. The predicted molar refractivity (Wildman–Crippen MR) is 75.3 cm³/mol. The van der Waals surface area contributed by atoms with Crippen molar-refractivity contribution in [3.8, 4) is 0 Å². The molecule has 106 valence electrons. The zero-order valence-electron chi connectivity index (χ0n) is 12.3. The Morgan fingerprint density at radius 2 is 1.94 bits per heavy atom. The monoisotopic (exact) mass is 255 g/mol. The summed E-state index contributed by atoms with van der Waals surface area (Å²) < 4.78 is 0. The van der Waals surface area contributed by atoms with Crippen LogP contribution in [0.5, 0.6) is 0 Å². The van der Waals surface area contributed by atoms with E-state index in [1.165, 1.54) is 19.3 Å². The molecule has 1 amide bonds. The fourth-order valence-corrected chi connectivity index (χ4v) is 2.88. The van der Waals surface area contributed by atoms with Crippen LogP contribution in [0.1, 0.15) is 46.5 Å². The average molecular weight is 255 g/mol. The molecule has 1 aliphatic carbocycles. The first-order valence-corrected chi connectivity index (χ1v) is 7.19. The van der Waals surface area contributed by atoms with Crippen molar-refractivity contribution >= 4 is 5.91 Å². The highest BCUT2D eigenvalue weighted by Crippen LogP contribution is 2.28. The largest absolute Gasteiger partial charge is 0.353 e. The van der Waals surface area contributed by atoms with Crippen LogP contribution in [0.25, 0.3) is 0 Å². The van der Waals surface area contributed by atoms with Crippen LogP contribution in [0.2, 0.25) is 0 Å². The van der Waals surface area contributed by atoms with Gasteiger partial charge in [0.15, 0.2) is 0 Å². The predicted octanol–water partition coefficient (Wildman–Crippen LogP) is 1.35. The minimum absolute atomic E-state index is 0.0791. The van der Waals surface area contributed by atoms with E-state index in [2.05, 4.69) is 17.3 Å². The Morgan fingerprint density at radius 3 is 2.50 bits per heavy atom. The number of nitrogens with two attached hydrogens (primary N) is 1. The lowest BCUT2D eigenvalue weighted by molar-refractivity contribution is -0.127. The summed E-state index contributed by atoms with van der Waals surface area (Å²) in [6.45, 7) is 6.70. The molecule has 1 rings (SSSR count). The fourth-order valence-electron chi connectivity index (χ4n) is 2.88. The van der Waals surface area contributed by atoms with Gasteiger partial charge in [-0.15, -0.1) is 0 Å². The third-order valence-corrected chi connectivity index (χ3v) is 4.12. The molecule has 0 aliphatic heterocycles. The minimum atomic E-state index is -0.0791. The number of nitrogens with one attached hydrogen (secondary N) is 1. The van der Waals surface area contributed by atoms with Crippen LogP contribution in [0.3, 0.4) is 0 Å². The highest BCUT2D eigenvalue weighted by atomic mass is 16.2. The standard InChI is InChI=1S/C14H29N3O/c1-10(2)16-14(18)11(3)17(4)13-8-6-5-7-12(13)9-15/h10-13H,5-9,15H2,1-4H3,(H,16,18). The normalized spacial score (nSPS) is 26.4. The molecule has 0 aromatic heterocycles. The Hall–Kier alpha value is -0.610. The Labute approximate surface area is 111 Å². The Bertz CT molecular complexity index is 268. The van der Waals surface area contributed by atoms with Crippen molar-refractivity contribution in [3.63, 3.8) is 0 Å². The molecule has 1 aliphatic rings. The van der Waals surface area contributed by atoms with E-state index in [0.717, 1.165) is 13.0 Å². The van der Waals surface area contributed by atoms with Gasteiger partial charge in [0.2, 0.25) is 5.91 Å². The maximum absolute atomic E-state index is 12.0. The zero-order valence-corrected chi connectivity index (χ0v) is 12.3. The van der Waals surface area contributed by atoms with Crippen molar-refractivity contribution < 1.29 is 4.79 Å². The van der Waals surface area contributed by atoms with Gasteiger partial charge in [0.25, 0.3) is 0 Å². The second kappa shape index (κ2) is 7.10. The fraction of sp³-hybridized carbons (Fsp3) is 0.929. The third-order valence-electron chi connectivity index (χ3n) is 4.12. The van der Waals surface area contributed by atoms with E-state index in [9.17, 15) is 4.79 Å². The van der Waals surface area contributed by atoms with Crippen LogP contribution in [0.4, 0.5) is 0 Å². The summed E-state index contributed by atoms with van der Waals surface area (Å²) in [5.41, 5.74) is 5.86. The van der Waals surface area contributed by atoms with E-state index in [1.54, 1.807) is 0 Å². The SMILES string of the molecule is CC(C)NC(=O)C(C)N(C)C1CCCCC1CN. The van der Waals surface area contributed by atoms with Gasteiger partial charge < -0.3 is 11.1 Å².